The molecule has 0 aliphatic rings. The number of esters is 1. The van der Waals surface area contributed by atoms with E-state index in [0.29, 0.717) is 46.0 Å². The molecule has 35 heavy (non-hydrogen) atoms. The van der Waals surface area contributed by atoms with Gasteiger partial charge in [0.25, 0.3) is 0 Å². The number of hydrogen-bond acceptors (Lipinski definition) is 7. The van der Waals surface area contributed by atoms with Crippen LogP contribution in [-0.2, 0) is 4.74 Å². The molecule has 0 fully saturated rings. The molecule has 0 amide bonds. The Balaban J connectivity index is 1.75. The van der Waals surface area contributed by atoms with E-state index in [9.17, 15) is 4.79 Å². The molecule has 0 aliphatic heterocycles. The van der Waals surface area contributed by atoms with E-state index in [1.807, 2.05) is 24.3 Å². The molecule has 0 saturated carbocycles. The smallest absolute Gasteiger partial charge is 0.344 e. The predicted octanol–water partition coefficient (Wildman–Crippen LogP) is 5.69. The van der Waals surface area contributed by atoms with Crippen LogP contribution in [0, 0.1) is 0 Å². The van der Waals surface area contributed by atoms with Gasteiger partial charge >= 0.3 is 5.97 Å². The average Bonchev–Trinajstić information content (AvgIpc) is 3.16. The van der Waals surface area contributed by atoms with Gasteiger partial charge in [0, 0.05) is 18.2 Å². The van der Waals surface area contributed by atoms with Crippen molar-refractivity contribution in [2.24, 2.45) is 0 Å². The van der Waals surface area contributed by atoms with E-state index >= 15 is 0 Å². The molecule has 0 radical (unpaired) electrons. The van der Waals surface area contributed by atoms with Crippen LogP contribution in [0.25, 0.3) is 27.9 Å². The zero-order chi connectivity index (χ0) is 24.8. The topological polar surface area (TPSA) is 101 Å². The lowest BCUT2D eigenvalue weighted by Crippen LogP contribution is -2.10. The molecule has 8 heteroatoms. The van der Waals surface area contributed by atoms with Crippen LogP contribution in [0.5, 0.6) is 11.5 Å². The summed E-state index contributed by atoms with van der Waals surface area (Å²) in [5, 5.41) is 0. The Bertz CT molecular complexity index is 1310. The number of ether oxygens (including phenoxy) is 3. The van der Waals surface area contributed by atoms with Crippen molar-refractivity contribution >= 4 is 34.0 Å². The maximum Gasteiger partial charge on any atom is 0.344 e. The third-order valence-electron chi connectivity index (χ3n) is 6.03. The first-order valence-corrected chi connectivity index (χ1v) is 12.0. The van der Waals surface area contributed by atoms with Crippen molar-refractivity contribution in [3.8, 4) is 17.2 Å². The Morgan fingerprint density at radius 3 is 2.20 bits per heavy atom. The number of nitrogens with zero attached hydrogens (tertiary/aromatic N) is 3. The maximum atomic E-state index is 13.2. The number of nitrogens with two attached hydrogens (primary N) is 1. The highest BCUT2D eigenvalue weighted by Gasteiger charge is 2.26. The average molecular weight is 477 g/mol. The Hall–Kier alpha value is -3.81. The van der Waals surface area contributed by atoms with E-state index in [-0.39, 0.29) is 11.4 Å². The molecule has 0 atom stereocenters. The number of carbonyl (C=O) groups is 1. The van der Waals surface area contributed by atoms with Gasteiger partial charge in [-0.3, -0.25) is 4.57 Å². The maximum absolute atomic E-state index is 13.2. The fourth-order valence-corrected chi connectivity index (χ4v) is 4.17. The molecule has 0 saturated heterocycles. The number of benzene rings is 2. The van der Waals surface area contributed by atoms with Crippen LogP contribution in [0.15, 0.2) is 42.5 Å². The normalized spacial score (nSPS) is 11.2. The summed E-state index contributed by atoms with van der Waals surface area (Å²) >= 11 is 0. The molecule has 4 aromatic rings. The number of aromatic nitrogens is 3. The minimum absolute atomic E-state index is 0.207. The van der Waals surface area contributed by atoms with Crippen molar-refractivity contribution < 1.29 is 19.0 Å². The number of methoxy groups -OCH3 is 2. The molecule has 184 valence electrons. The fourth-order valence-electron chi connectivity index (χ4n) is 4.17. The second-order valence-corrected chi connectivity index (χ2v) is 8.45. The Kier molecular flexibility index (Phi) is 7.70. The SMILES string of the molecule is CCCCCCCCOC(=O)c1c(N)n(-c2cc(OC)cc(OC)c2)c2nc3ccccc3nc12. The Labute approximate surface area is 205 Å². The Morgan fingerprint density at radius 2 is 1.54 bits per heavy atom. The van der Waals surface area contributed by atoms with Crippen molar-refractivity contribution in [1.29, 1.82) is 0 Å². The lowest BCUT2D eigenvalue weighted by Gasteiger charge is -2.12. The van der Waals surface area contributed by atoms with Crippen molar-refractivity contribution in [1.82, 2.24) is 14.5 Å². The van der Waals surface area contributed by atoms with E-state index in [1.54, 1.807) is 37.0 Å². The summed E-state index contributed by atoms with van der Waals surface area (Å²) in [4.78, 5) is 22.7. The molecule has 2 aromatic carbocycles. The van der Waals surface area contributed by atoms with Crippen molar-refractivity contribution in [2.45, 2.75) is 45.4 Å². The van der Waals surface area contributed by atoms with Crippen LogP contribution in [0.1, 0.15) is 55.8 Å². The van der Waals surface area contributed by atoms with Crippen LogP contribution in [0.4, 0.5) is 5.82 Å². The minimum atomic E-state index is -0.501. The first-order valence-electron chi connectivity index (χ1n) is 12.0. The molecule has 2 N–H and O–H groups in total. The summed E-state index contributed by atoms with van der Waals surface area (Å²) in [6.45, 7) is 2.53. The third kappa shape index (κ3) is 5.16. The van der Waals surface area contributed by atoms with Gasteiger partial charge in [-0.05, 0) is 18.6 Å². The lowest BCUT2D eigenvalue weighted by atomic mass is 10.1. The van der Waals surface area contributed by atoms with Gasteiger partial charge in [0.1, 0.15) is 28.4 Å². The monoisotopic (exact) mass is 476 g/mol. The summed E-state index contributed by atoms with van der Waals surface area (Å²) < 4.78 is 18.2. The van der Waals surface area contributed by atoms with Crippen LogP contribution in [-0.4, -0.2) is 41.3 Å². The van der Waals surface area contributed by atoms with Gasteiger partial charge in [-0.1, -0.05) is 51.2 Å². The molecular weight excluding hydrogens is 444 g/mol. The van der Waals surface area contributed by atoms with Crippen molar-refractivity contribution in [3.05, 3.63) is 48.0 Å². The van der Waals surface area contributed by atoms with Gasteiger partial charge in [0.15, 0.2) is 5.65 Å². The molecule has 0 spiro atoms. The zero-order valence-corrected chi connectivity index (χ0v) is 20.5. The van der Waals surface area contributed by atoms with Gasteiger partial charge in [-0.2, -0.15) is 0 Å². The largest absolute Gasteiger partial charge is 0.497 e. The minimum Gasteiger partial charge on any atom is -0.497 e. The molecule has 0 aliphatic carbocycles. The van der Waals surface area contributed by atoms with Gasteiger partial charge < -0.3 is 19.9 Å². The summed E-state index contributed by atoms with van der Waals surface area (Å²) in [7, 11) is 3.15. The third-order valence-corrected chi connectivity index (χ3v) is 6.03. The van der Waals surface area contributed by atoms with Gasteiger partial charge in [0.2, 0.25) is 0 Å². The number of unbranched alkanes of at least 4 members (excludes halogenated alkanes) is 5. The second-order valence-electron chi connectivity index (χ2n) is 8.45. The number of carbonyl (C=O) groups excluding carboxylic acids is 1. The fraction of sp³-hybridized carbons (Fsp3) is 0.370. The molecule has 2 aromatic heterocycles. The van der Waals surface area contributed by atoms with Crippen molar-refractivity contribution in [2.75, 3.05) is 26.6 Å². The van der Waals surface area contributed by atoms with Gasteiger partial charge in [0.05, 0.1) is 37.5 Å². The van der Waals surface area contributed by atoms with Crippen LogP contribution in [0.2, 0.25) is 0 Å². The van der Waals surface area contributed by atoms with E-state index in [2.05, 4.69) is 6.92 Å². The number of nitrogen functional groups attached to an aromatic ring is 1. The highest BCUT2D eigenvalue weighted by Crippen LogP contribution is 2.34. The van der Waals surface area contributed by atoms with Crippen LogP contribution in [0.3, 0.4) is 0 Å². The van der Waals surface area contributed by atoms with Gasteiger partial charge in [-0.25, -0.2) is 14.8 Å². The summed E-state index contributed by atoms with van der Waals surface area (Å²) in [5.74, 6) is 0.876. The molecule has 0 unspecified atom stereocenters. The molecule has 8 nitrogen and oxygen atoms in total. The molecular formula is C27H32N4O4. The second kappa shape index (κ2) is 11.1. The van der Waals surface area contributed by atoms with Crippen LogP contribution < -0.4 is 15.2 Å². The quantitative estimate of drug-likeness (QED) is 0.219. The first-order chi connectivity index (χ1) is 17.1. The standard InChI is InChI=1S/C27H32N4O4/c1-4-5-6-7-8-11-14-35-27(32)23-24-26(30-22-13-10-9-12-21(22)29-24)31(25(23)28)18-15-19(33-2)17-20(16-18)34-3/h9-10,12-13,15-17H,4-8,11,14,28H2,1-3H3. The van der Waals surface area contributed by atoms with E-state index < -0.39 is 5.97 Å². The first kappa shape index (κ1) is 24.3. The molecule has 4 rings (SSSR count). The summed E-state index contributed by atoms with van der Waals surface area (Å²) in [6.07, 6.45) is 6.62. The highest BCUT2D eigenvalue weighted by atomic mass is 16.5. The summed E-state index contributed by atoms with van der Waals surface area (Å²) in [5.41, 5.74) is 9.66. The highest BCUT2D eigenvalue weighted by molar-refractivity contribution is 6.09. The number of anilines is 1. The zero-order valence-electron chi connectivity index (χ0n) is 20.5. The predicted molar refractivity (Wildman–Crippen MR) is 138 cm³/mol. The molecule has 0 bridgehead atoms. The number of para-hydroxylation sites is 2. The Morgan fingerprint density at radius 1 is 0.914 bits per heavy atom. The number of hydrogen-bond donors (Lipinski definition) is 1. The molecule has 2 heterocycles. The number of fused-ring (bicyclic) bond motifs is 2. The van der Waals surface area contributed by atoms with Gasteiger partial charge in [-0.15, -0.1) is 0 Å². The summed E-state index contributed by atoms with van der Waals surface area (Å²) in [6, 6.07) is 12.9. The van der Waals surface area contributed by atoms with E-state index in [4.69, 9.17) is 29.9 Å². The van der Waals surface area contributed by atoms with Crippen LogP contribution >= 0.6 is 0 Å². The van der Waals surface area contributed by atoms with E-state index in [1.165, 1.54) is 19.3 Å². The number of rotatable bonds is 11. The van der Waals surface area contributed by atoms with Crippen molar-refractivity contribution in [3.63, 3.8) is 0 Å². The lowest BCUT2D eigenvalue weighted by molar-refractivity contribution is 0.0501. The van der Waals surface area contributed by atoms with E-state index in [0.717, 1.165) is 19.3 Å².